The van der Waals surface area contributed by atoms with Crippen LogP contribution in [0.15, 0.2) is 40.7 Å². The minimum absolute atomic E-state index is 0.476. The Hall–Kier alpha value is -2.28. The normalized spacial score (nSPS) is 18.1. The fourth-order valence-corrected chi connectivity index (χ4v) is 5.09. The molecular weight excluding hydrogens is 392 g/mol. The van der Waals surface area contributed by atoms with Crippen LogP contribution in [0.2, 0.25) is 0 Å². The third-order valence-corrected chi connectivity index (χ3v) is 6.81. The monoisotopic (exact) mass is 426 g/mol. The van der Waals surface area contributed by atoms with Gasteiger partial charge in [-0.15, -0.1) is 11.3 Å². The van der Waals surface area contributed by atoms with Crippen LogP contribution in [0, 0.1) is 0 Å². The minimum Gasteiger partial charge on any atom is -0.371 e. The average Bonchev–Trinajstić information content (AvgIpc) is 3.47. The van der Waals surface area contributed by atoms with Crippen LogP contribution in [0.5, 0.6) is 0 Å². The van der Waals surface area contributed by atoms with Gasteiger partial charge in [-0.2, -0.15) is 0 Å². The summed E-state index contributed by atoms with van der Waals surface area (Å²) in [5.41, 5.74) is 2.49. The van der Waals surface area contributed by atoms with Gasteiger partial charge < -0.3 is 20.4 Å². The van der Waals surface area contributed by atoms with Crippen LogP contribution in [0.4, 0.5) is 10.8 Å². The molecule has 1 aromatic heterocycles. The van der Waals surface area contributed by atoms with E-state index < -0.39 is 0 Å². The molecule has 6 nitrogen and oxygen atoms in total. The maximum atomic E-state index is 4.82. The highest BCUT2D eigenvalue weighted by Gasteiger charge is 2.20. The first-order valence-corrected chi connectivity index (χ1v) is 12.2. The van der Waals surface area contributed by atoms with Gasteiger partial charge in [0.1, 0.15) is 0 Å². The van der Waals surface area contributed by atoms with E-state index in [0.717, 1.165) is 70.2 Å². The second-order valence-electron chi connectivity index (χ2n) is 8.07. The molecule has 3 heterocycles. The van der Waals surface area contributed by atoms with Crippen LogP contribution in [-0.2, 0) is 6.42 Å². The average molecular weight is 427 g/mol. The zero-order valence-corrected chi connectivity index (χ0v) is 18.8. The molecule has 0 spiro atoms. The molecule has 2 aromatic rings. The summed E-state index contributed by atoms with van der Waals surface area (Å²) in [6, 6.07) is 11.2. The smallest absolute Gasteiger partial charge is 0.191 e. The molecule has 0 saturated carbocycles. The van der Waals surface area contributed by atoms with E-state index in [1.54, 1.807) is 11.3 Å². The molecular formula is C23H34N6S. The first-order valence-electron chi connectivity index (χ1n) is 11.4. The van der Waals surface area contributed by atoms with Crippen LogP contribution in [0.3, 0.4) is 0 Å². The Balaban J connectivity index is 1.25. The molecule has 0 radical (unpaired) electrons. The number of aromatic nitrogens is 1. The van der Waals surface area contributed by atoms with Crippen LogP contribution in [0.1, 0.15) is 38.3 Å². The van der Waals surface area contributed by atoms with Gasteiger partial charge in [0, 0.05) is 62.8 Å². The molecule has 2 N–H and O–H groups in total. The number of anilines is 2. The Bertz CT molecular complexity index is 791. The van der Waals surface area contributed by atoms with Crippen molar-refractivity contribution < 1.29 is 0 Å². The minimum atomic E-state index is 0.476. The van der Waals surface area contributed by atoms with E-state index in [0.29, 0.717) is 6.04 Å². The van der Waals surface area contributed by atoms with Crippen molar-refractivity contribution in [3.05, 3.63) is 41.4 Å². The Morgan fingerprint density at radius 3 is 2.60 bits per heavy atom. The van der Waals surface area contributed by atoms with E-state index in [9.17, 15) is 0 Å². The molecule has 162 valence electrons. The predicted molar refractivity (Wildman–Crippen MR) is 128 cm³/mol. The molecule has 7 heteroatoms. The summed E-state index contributed by atoms with van der Waals surface area (Å²) in [5, 5.41) is 10.4. The Morgan fingerprint density at radius 1 is 1.10 bits per heavy atom. The summed E-state index contributed by atoms with van der Waals surface area (Å²) in [5.74, 6) is 0.936. The second-order valence-corrected chi connectivity index (χ2v) is 8.90. The van der Waals surface area contributed by atoms with E-state index in [-0.39, 0.29) is 0 Å². The number of nitrogens with zero attached hydrogens (tertiary/aromatic N) is 4. The zero-order valence-electron chi connectivity index (χ0n) is 18.0. The Kier molecular flexibility index (Phi) is 7.45. The maximum absolute atomic E-state index is 4.82. The van der Waals surface area contributed by atoms with Gasteiger partial charge in [0.15, 0.2) is 11.1 Å². The fourth-order valence-electron chi connectivity index (χ4n) is 4.18. The van der Waals surface area contributed by atoms with Gasteiger partial charge in [0.2, 0.25) is 0 Å². The lowest BCUT2D eigenvalue weighted by Gasteiger charge is -2.34. The third kappa shape index (κ3) is 5.65. The molecule has 0 unspecified atom stereocenters. The topological polar surface area (TPSA) is 55.8 Å². The number of guanidine groups is 1. The quantitative estimate of drug-likeness (QED) is 0.524. The Morgan fingerprint density at radius 2 is 1.87 bits per heavy atom. The fraction of sp³-hybridized carbons (Fsp3) is 0.565. The highest BCUT2D eigenvalue weighted by Crippen LogP contribution is 2.24. The molecule has 2 aliphatic heterocycles. The first kappa shape index (κ1) is 21.0. The molecule has 2 fully saturated rings. The second kappa shape index (κ2) is 10.7. The van der Waals surface area contributed by atoms with Gasteiger partial charge >= 0.3 is 0 Å². The van der Waals surface area contributed by atoms with Gasteiger partial charge in [-0.05, 0) is 44.7 Å². The van der Waals surface area contributed by atoms with Crippen molar-refractivity contribution in [2.24, 2.45) is 4.99 Å². The van der Waals surface area contributed by atoms with Crippen molar-refractivity contribution in [1.29, 1.82) is 0 Å². The summed E-state index contributed by atoms with van der Waals surface area (Å²) in [6.07, 6.45) is 5.74. The molecule has 1 aromatic carbocycles. The molecule has 2 saturated heterocycles. The predicted octanol–water partition coefficient (Wildman–Crippen LogP) is 3.51. The molecule has 30 heavy (non-hydrogen) atoms. The number of thiazole rings is 1. The van der Waals surface area contributed by atoms with Crippen LogP contribution < -0.4 is 20.4 Å². The van der Waals surface area contributed by atoms with Crippen molar-refractivity contribution in [3.8, 4) is 0 Å². The van der Waals surface area contributed by atoms with E-state index in [2.05, 4.69) is 63.1 Å². The van der Waals surface area contributed by atoms with Crippen molar-refractivity contribution in [2.45, 2.75) is 45.1 Å². The SMILES string of the molecule is CCNC(=NCCc1csc(N2CCCC2)n1)NC1CCN(c2ccccc2)CC1. The van der Waals surface area contributed by atoms with Crippen LogP contribution in [0.25, 0.3) is 0 Å². The van der Waals surface area contributed by atoms with Gasteiger partial charge in [0.25, 0.3) is 0 Å². The molecule has 0 aliphatic carbocycles. The summed E-state index contributed by atoms with van der Waals surface area (Å²) in [6.45, 7) is 8.24. The lowest BCUT2D eigenvalue weighted by atomic mass is 10.0. The highest BCUT2D eigenvalue weighted by atomic mass is 32.1. The molecule has 0 bridgehead atoms. The summed E-state index contributed by atoms with van der Waals surface area (Å²) in [4.78, 5) is 14.5. The van der Waals surface area contributed by atoms with E-state index in [1.165, 1.54) is 23.7 Å². The molecule has 2 aliphatic rings. The number of benzene rings is 1. The zero-order chi connectivity index (χ0) is 20.6. The number of aliphatic imine (C=N–C) groups is 1. The molecule has 0 atom stereocenters. The summed E-state index contributed by atoms with van der Waals surface area (Å²) >= 11 is 1.77. The van der Waals surface area contributed by atoms with Crippen molar-refractivity contribution in [1.82, 2.24) is 15.6 Å². The number of hydrogen-bond acceptors (Lipinski definition) is 5. The molecule has 4 rings (SSSR count). The van der Waals surface area contributed by atoms with Crippen LogP contribution >= 0.6 is 11.3 Å². The number of hydrogen-bond donors (Lipinski definition) is 2. The van der Waals surface area contributed by atoms with Crippen LogP contribution in [-0.4, -0.2) is 56.3 Å². The van der Waals surface area contributed by atoms with Gasteiger partial charge in [-0.25, -0.2) is 4.98 Å². The van der Waals surface area contributed by atoms with E-state index in [4.69, 9.17) is 9.98 Å². The summed E-state index contributed by atoms with van der Waals surface area (Å²) in [7, 11) is 0. The largest absolute Gasteiger partial charge is 0.371 e. The Labute approximate surface area is 184 Å². The van der Waals surface area contributed by atoms with Crippen molar-refractivity contribution >= 4 is 28.1 Å². The van der Waals surface area contributed by atoms with Gasteiger partial charge in [0.05, 0.1) is 5.69 Å². The van der Waals surface area contributed by atoms with Crippen molar-refractivity contribution in [3.63, 3.8) is 0 Å². The number of piperidine rings is 1. The number of nitrogens with one attached hydrogen (secondary N) is 2. The van der Waals surface area contributed by atoms with E-state index >= 15 is 0 Å². The summed E-state index contributed by atoms with van der Waals surface area (Å²) < 4.78 is 0. The van der Waals surface area contributed by atoms with E-state index in [1.807, 2.05) is 0 Å². The standard InChI is InChI=1S/C23H34N6S/c1-2-24-22(25-13-10-20-18-30-23(27-20)29-14-6-7-15-29)26-19-11-16-28(17-12-19)21-8-4-3-5-9-21/h3-5,8-9,18-19H,2,6-7,10-17H2,1H3,(H2,24,25,26). The molecule has 0 amide bonds. The maximum Gasteiger partial charge on any atom is 0.191 e. The number of rotatable bonds is 7. The third-order valence-electron chi connectivity index (χ3n) is 5.86. The highest BCUT2D eigenvalue weighted by molar-refractivity contribution is 7.13. The first-order chi connectivity index (χ1) is 14.8. The van der Waals surface area contributed by atoms with Crippen molar-refractivity contribution in [2.75, 3.05) is 49.1 Å². The lowest BCUT2D eigenvalue weighted by molar-refractivity contribution is 0.461. The van der Waals surface area contributed by atoms with Gasteiger partial charge in [-0.1, -0.05) is 18.2 Å². The van der Waals surface area contributed by atoms with Gasteiger partial charge in [-0.3, -0.25) is 4.99 Å². The number of para-hydroxylation sites is 1. The lowest BCUT2D eigenvalue weighted by Crippen LogP contribution is -2.48.